The van der Waals surface area contributed by atoms with Gasteiger partial charge in [0, 0.05) is 35.9 Å². The Morgan fingerprint density at radius 3 is 2.90 bits per heavy atom. The molecule has 0 fully saturated rings. The Labute approximate surface area is 122 Å². The van der Waals surface area contributed by atoms with Crippen LogP contribution in [0.5, 0.6) is 5.75 Å². The molecule has 0 atom stereocenters. The third-order valence-corrected chi connectivity index (χ3v) is 3.93. The molecule has 0 saturated heterocycles. The van der Waals surface area contributed by atoms with E-state index in [2.05, 4.69) is 23.3 Å². The van der Waals surface area contributed by atoms with E-state index >= 15 is 0 Å². The van der Waals surface area contributed by atoms with Crippen LogP contribution >= 0.6 is 0 Å². The molecule has 108 valence electrons. The number of nitrogens with one attached hydrogen (secondary N) is 1. The molecular formula is C17H18N2O2. The summed E-state index contributed by atoms with van der Waals surface area (Å²) in [6.45, 7) is 2.54. The molecular weight excluding hydrogens is 264 g/mol. The summed E-state index contributed by atoms with van der Waals surface area (Å²) in [6, 6.07) is 9.67. The zero-order valence-corrected chi connectivity index (χ0v) is 12.0. The van der Waals surface area contributed by atoms with Crippen molar-refractivity contribution in [3.63, 3.8) is 0 Å². The summed E-state index contributed by atoms with van der Waals surface area (Å²) in [5.74, 6) is -0.149. The molecule has 3 rings (SSSR count). The maximum absolute atomic E-state index is 11.3. The van der Waals surface area contributed by atoms with E-state index in [4.69, 9.17) is 0 Å². The van der Waals surface area contributed by atoms with Crippen molar-refractivity contribution in [2.75, 3.05) is 0 Å². The van der Waals surface area contributed by atoms with Crippen molar-refractivity contribution in [2.45, 2.75) is 26.3 Å². The summed E-state index contributed by atoms with van der Waals surface area (Å²) < 4.78 is 1.92. The first-order valence-electron chi connectivity index (χ1n) is 7.11. The zero-order chi connectivity index (χ0) is 14.8. The molecule has 2 aromatic heterocycles. The highest BCUT2D eigenvalue weighted by Gasteiger charge is 2.06. The number of H-pyrrole nitrogens is 1. The van der Waals surface area contributed by atoms with Gasteiger partial charge in [-0.2, -0.15) is 0 Å². The zero-order valence-electron chi connectivity index (χ0n) is 12.0. The lowest BCUT2D eigenvalue weighted by Crippen LogP contribution is -2.10. The molecule has 0 spiro atoms. The highest BCUT2D eigenvalue weighted by atomic mass is 16.3. The molecule has 2 heterocycles. The number of hydrogen-bond donors (Lipinski definition) is 2. The minimum Gasteiger partial charge on any atom is -0.503 e. The fourth-order valence-electron chi connectivity index (χ4n) is 2.68. The van der Waals surface area contributed by atoms with E-state index in [0.717, 1.165) is 24.9 Å². The molecule has 0 bridgehead atoms. The number of aryl methyl sites for hydroxylation is 2. The Hall–Kier alpha value is -2.49. The molecule has 21 heavy (non-hydrogen) atoms. The number of aromatic nitrogens is 2. The Kier molecular flexibility index (Phi) is 3.52. The topological polar surface area (TPSA) is 58.0 Å². The van der Waals surface area contributed by atoms with E-state index in [0.29, 0.717) is 5.69 Å². The predicted octanol–water partition coefficient (Wildman–Crippen LogP) is 2.98. The van der Waals surface area contributed by atoms with Crippen LogP contribution in [0.4, 0.5) is 0 Å². The number of pyridine rings is 1. The summed E-state index contributed by atoms with van der Waals surface area (Å²) in [5.41, 5.74) is 2.76. The predicted molar refractivity (Wildman–Crippen MR) is 83.7 cm³/mol. The van der Waals surface area contributed by atoms with Crippen LogP contribution in [0, 0.1) is 6.92 Å². The number of hydrogen-bond acceptors (Lipinski definition) is 2. The molecule has 0 aliphatic rings. The van der Waals surface area contributed by atoms with Crippen molar-refractivity contribution in [1.29, 1.82) is 0 Å². The normalized spacial score (nSPS) is 11.1. The summed E-state index contributed by atoms with van der Waals surface area (Å²) >= 11 is 0. The van der Waals surface area contributed by atoms with E-state index in [1.165, 1.54) is 17.0 Å². The second-order valence-corrected chi connectivity index (χ2v) is 5.27. The third kappa shape index (κ3) is 2.57. The molecule has 0 amide bonds. The lowest BCUT2D eigenvalue weighted by Gasteiger charge is -2.11. The summed E-state index contributed by atoms with van der Waals surface area (Å²) in [4.78, 5) is 14.6. The van der Waals surface area contributed by atoms with E-state index in [-0.39, 0.29) is 11.2 Å². The Morgan fingerprint density at radius 1 is 1.24 bits per heavy atom. The van der Waals surface area contributed by atoms with Crippen LogP contribution in [0.2, 0.25) is 0 Å². The largest absolute Gasteiger partial charge is 0.503 e. The molecule has 0 radical (unpaired) electrons. The van der Waals surface area contributed by atoms with Crippen molar-refractivity contribution in [3.05, 3.63) is 64.2 Å². The molecule has 1 aromatic carbocycles. The summed E-state index contributed by atoms with van der Waals surface area (Å²) in [7, 11) is 0. The van der Waals surface area contributed by atoms with Gasteiger partial charge in [0.1, 0.15) is 0 Å². The average Bonchev–Trinajstić information content (AvgIpc) is 2.91. The van der Waals surface area contributed by atoms with Crippen molar-refractivity contribution in [1.82, 2.24) is 9.55 Å². The maximum atomic E-state index is 11.3. The first kappa shape index (κ1) is 13.5. The third-order valence-electron chi connectivity index (χ3n) is 3.93. The summed E-state index contributed by atoms with van der Waals surface area (Å²) in [6.07, 6.45) is 5.70. The molecule has 0 unspecified atom stereocenters. The fourth-order valence-corrected chi connectivity index (χ4v) is 2.68. The molecule has 4 heteroatoms. The van der Waals surface area contributed by atoms with Gasteiger partial charge in [-0.05, 0) is 31.4 Å². The number of fused-ring (bicyclic) bond motifs is 1. The van der Waals surface area contributed by atoms with Crippen LogP contribution in [0.25, 0.3) is 10.9 Å². The van der Waals surface area contributed by atoms with Crippen molar-refractivity contribution in [3.8, 4) is 5.75 Å². The monoisotopic (exact) mass is 282 g/mol. The van der Waals surface area contributed by atoms with Crippen LogP contribution in [0.1, 0.15) is 17.7 Å². The molecule has 0 saturated carbocycles. The molecule has 0 aliphatic carbocycles. The SMILES string of the molecule is Cc1c(O)c(=O)ccn1CCCc1c[nH]c2ccccc12. The highest BCUT2D eigenvalue weighted by molar-refractivity contribution is 5.82. The standard InChI is InChI=1S/C17H18N2O2/c1-12-17(21)16(20)8-10-19(12)9-4-5-13-11-18-15-7-3-2-6-14(13)15/h2-3,6-8,10-11,18,21H,4-5,9H2,1H3. The van der Waals surface area contributed by atoms with E-state index in [9.17, 15) is 9.90 Å². The van der Waals surface area contributed by atoms with E-state index < -0.39 is 0 Å². The van der Waals surface area contributed by atoms with Gasteiger partial charge in [0.2, 0.25) is 5.43 Å². The Bertz CT molecular complexity index is 830. The first-order valence-corrected chi connectivity index (χ1v) is 7.11. The van der Waals surface area contributed by atoms with Gasteiger partial charge >= 0.3 is 0 Å². The molecule has 3 aromatic rings. The fraction of sp³-hybridized carbons (Fsp3) is 0.235. The van der Waals surface area contributed by atoms with Gasteiger partial charge < -0.3 is 14.7 Å². The number of nitrogens with zero attached hydrogens (tertiary/aromatic N) is 1. The van der Waals surface area contributed by atoms with E-state index in [1.54, 1.807) is 13.1 Å². The van der Waals surface area contributed by atoms with Gasteiger partial charge in [-0.25, -0.2) is 0 Å². The average molecular weight is 282 g/mol. The first-order chi connectivity index (χ1) is 10.2. The van der Waals surface area contributed by atoms with Crippen LogP contribution in [-0.4, -0.2) is 14.7 Å². The van der Waals surface area contributed by atoms with Crippen molar-refractivity contribution in [2.24, 2.45) is 0 Å². The van der Waals surface area contributed by atoms with Crippen LogP contribution in [-0.2, 0) is 13.0 Å². The minimum atomic E-state index is -0.319. The second-order valence-electron chi connectivity index (χ2n) is 5.27. The molecule has 0 aliphatic heterocycles. The quantitative estimate of drug-likeness (QED) is 0.773. The lowest BCUT2D eigenvalue weighted by atomic mass is 10.1. The van der Waals surface area contributed by atoms with Gasteiger partial charge in [-0.3, -0.25) is 4.79 Å². The van der Waals surface area contributed by atoms with Crippen LogP contribution in [0.15, 0.2) is 47.5 Å². The number of aromatic amines is 1. The maximum Gasteiger partial charge on any atom is 0.223 e. The number of aromatic hydroxyl groups is 1. The van der Waals surface area contributed by atoms with Gasteiger partial charge in [0.15, 0.2) is 5.75 Å². The highest BCUT2D eigenvalue weighted by Crippen LogP contribution is 2.19. The van der Waals surface area contributed by atoms with E-state index in [1.807, 2.05) is 16.7 Å². The van der Waals surface area contributed by atoms with Gasteiger partial charge in [0.25, 0.3) is 0 Å². The van der Waals surface area contributed by atoms with Gasteiger partial charge in [-0.15, -0.1) is 0 Å². The van der Waals surface area contributed by atoms with Crippen LogP contribution in [0.3, 0.4) is 0 Å². The van der Waals surface area contributed by atoms with Gasteiger partial charge in [0.05, 0.1) is 5.69 Å². The number of para-hydroxylation sites is 1. The molecule has 4 nitrogen and oxygen atoms in total. The van der Waals surface area contributed by atoms with Crippen molar-refractivity contribution < 1.29 is 5.11 Å². The van der Waals surface area contributed by atoms with Gasteiger partial charge in [-0.1, -0.05) is 18.2 Å². The minimum absolute atomic E-state index is 0.149. The Balaban J connectivity index is 1.72. The second kappa shape index (κ2) is 5.48. The lowest BCUT2D eigenvalue weighted by molar-refractivity contribution is 0.451. The van der Waals surface area contributed by atoms with Crippen molar-refractivity contribution >= 4 is 10.9 Å². The molecule has 2 N–H and O–H groups in total. The van der Waals surface area contributed by atoms with Crippen LogP contribution < -0.4 is 5.43 Å². The Morgan fingerprint density at radius 2 is 2.05 bits per heavy atom. The summed E-state index contributed by atoms with van der Waals surface area (Å²) in [5, 5.41) is 10.9. The number of benzene rings is 1. The number of rotatable bonds is 4. The smallest absolute Gasteiger partial charge is 0.223 e.